The van der Waals surface area contributed by atoms with Crippen LogP contribution >= 0.6 is 0 Å². The van der Waals surface area contributed by atoms with Crippen molar-refractivity contribution in [3.63, 3.8) is 0 Å². The smallest absolute Gasteiger partial charge is 0.323 e. The largest absolute Gasteiger partial charge is 0.493 e. The van der Waals surface area contributed by atoms with E-state index in [0.29, 0.717) is 28.2 Å². The minimum atomic E-state index is -0.304. The fourth-order valence-electron chi connectivity index (χ4n) is 2.50. The normalized spacial score (nSPS) is 11.0. The van der Waals surface area contributed by atoms with Gasteiger partial charge in [-0.3, -0.25) is 4.79 Å². The van der Waals surface area contributed by atoms with Gasteiger partial charge in [0.05, 0.1) is 25.3 Å². The van der Waals surface area contributed by atoms with Crippen molar-refractivity contribution in [3.8, 4) is 11.5 Å². The van der Waals surface area contributed by atoms with E-state index < -0.39 is 0 Å². The van der Waals surface area contributed by atoms with Gasteiger partial charge in [0.2, 0.25) is 5.91 Å². The Bertz CT molecular complexity index is 1000. The van der Waals surface area contributed by atoms with Crippen LogP contribution in [0.15, 0.2) is 47.3 Å². The summed E-state index contributed by atoms with van der Waals surface area (Å²) in [6.45, 7) is 0. The maximum absolute atomic E-state index is 12.1. The molecule has 0 spiro atoms. The highest BCUT2D eigenvalue weighted by Crippen LogP contribution is 2.31. The van der Waals surface area contributed by atoms with Crippen molar-refractivity contribution in [3.05, 3.63) is 58.5 Å². The molecule has 1 amide bonds. The van der Waals surface area contributed by atoms with Crippen LogP contribution in [0.1, 0.15) is 5.56 Å². The van der Waals surface area contributed by atoms with E-state index in [1.165, 1.54) is 6.08 Å². The molecule has 0 unspecified atom stereocenters. The molecule has 0 fully saturated rings. The Morgan fingerprint density at radius 3 is 2.64 bits per heavy atom. The zero-order chi connectivity index (χ0) is 17.8. The van der Waals surface area contributed by atoms with Crippen LogP contribution in [-0.2, 0) is 4.79 Å². The Morgan fingerprint density at radius 1 is 1.08 bits per heavy atom. The maximum atomic E-state index is 12.1. The van der Waals surface area contributed by atoms with Crippen molar-refractivity contribution < 1.29 is 14.3 Å². The number of methoxy groups -OCH3 is 2. The van der Waals surface area contributed by atoms with Crippen LogP contribution in [0.3, 0.4) is 0 Å². The molecule has 0 radical (unpaired) electrons. The summed E-state index contributed by atoms with van der Waals surface area (Å²) in [4.78, 5) is 28.7. The Morgan fingerprint density at radius 2 is 1.88 bits per heavy atom. The van der Waals surface area contributed by atoms with Crippen LogP contribution in [0.2, 0.25) is 0 Å². The number of hydrogen-bond donors (Lipinski definition) is 3. The standard InChI is InChI=1S/C18H17N3O4/c1-24-15-5-3-4-11(17(15)25-2)6-9-16(22)19-12-7-8-13-14(10-12)21-18(23)20-13/h3-10H,1-2H3,(H,19,22)(H2,20,21,23). The number of para-hydroxylation sites is 1. The van der Waals surface area contributed by atoms with E-state index in [1.54, 1.807) is 44.6 Å². The fourth-order valence-corrected chi connectivity index (χ4v) is 2.50. The maximum Gasteiger partial charge on any atom is 0.323 e. The van der Waals surface area contributed by atoms with Gasteiger partial charge in [0, 0.05) is 17.3 Å². The first-order valence-corrected chi connectivity index (χ1v) is 7.53. The van der Waals surface area contributed by atoms with E-state index in [9.17, 15) is 9.59 Å². The third kappa shape index (κ3) is 3.55. The van der Waals surface area contributed by atoms with Gasteiger partial charge >= 0.3 is 5.69 Å². The fraction of sp³-hybridized carbons (Fsp3) is 0.111. The highest BCUT2D eigenvalue weighted by atomic mass is 16.5. The topological polar surface area (TPSA) is 96.2 Å². The molecule has 0 aliphatic rings. The zero-order valence-corrected chi connectivity index (χ0v) is 13.8. The van der Waals surface area contributed by atoms with E-state index in [4.69, 9.17) is 9.47 Å². The van der Waals surface area contributed by atoms with Gasteiger partial charge in [0.25, 0.3) is 0 Å². The molecule has 3 aromatic rings. The van der Waals surface area contributed by atoms with Gasteiger partial charge in [-0.05, 0) is 30.3 Å². The molecule has 25 heavy (non-hydrogen) atoms. The lowest BCUT2D eigenvalue weighted by Crippen LogP contribution is -2.07. The molecule has 0 atom stereocenters. The summed E-state index contributed by atoms with van der Waals surface area (Å²) in [5.74, 6) is 0.842. The highest BCUT2D eigenvalue weighted by Gasteiger charge is 2.07. The van der Waals surface area contributed by atoms with Gasteiger partial charge in [-0.15, -0.1) is 0 Å². The first-order valence-electron chi connectivity index (χ1n) is 7.53. The van der Waals surface area contributed by atoms with Gasteiger partial charge in [0.1, 0.15) is 0 Å². The lowest BCUT2D eigenvalue weighted by atomic mass is 10.1. The van der Waals surface area contributed by atoms with Crippen molar-refractivity contribution in [1.82, 2.24) is 9.97 Å². The van der Waals surface area contributed by atoms with Crippen molar-refractivity contribution in [1.29, 1.82) is 0 Å². The lowest BCUT2D eigenvalue weighted by Gasteiger charge is -2.09. The van der Waals surface area contributed by atoms with Gasteiger partial charge in [-0.25, -0.2) is 4.79 Å². The summed E-state index contributed by atoms with van der Waals surface area (Å²) in [5, 5.41) is 2.75. The van der Waals surface area contributed by atoms with Gasteiger partial charge in [0.15, 0.2) is 11.5 Å². The van der Waals surface area contributed by atoms with Crippen molar-refractivity contribution in [2.45, 2.75) is 0 Å². The molecule has 3 N–H and O–H groups in total. The van der Waals surface area contributed by atoms with Crippen molar-refractivity contribution in [2.75, 3.05) is 19.5 Å². The van der Waals surface area contributed by atoms with E-state index in [0.717, 1.165) is 5.56 Å². The van der Waals surface area contributed by atoms with Gasteiger partial charge in [-0.1, -0.05) is 12.1 Å². The van der Waals surface area contributed by atoms with Gasteiger partial charge in [-0.2, -0.15) is 0 Å². The average molecular weight is 339 g/mol. The SMILES string of the molecule is COc1cccc(C=CC(=O)Nc2ccc3[nH]c(=O)[nH]c3c2)c1OC. The first kappa shape index (κ1) is 16.4. The second-order valence-corrected chi connectivity index (χ2v) is 5.24. The number of H-pyrrole nitrogens is 2. The van der Waals surface area contributed by atoms with Crippen LogP contribution in [0.5, 0.6) is 11.5 Å². The number of rotatable bonds is 5. The van der Waals surface area contributed by atoms with E-state index in [2.05, 4.69) is 15.3 Å². The van der Waals surface area contributed by atoms with Crippen molar-refractivity contribution >= 4 is 28.7 Å². The molecule has 1 aromatic heterocycles. The second kappa shape index (κ2) is 6.96. The first-order chi connectivity index (χ1) is 12.1. The molecular weight excluding hydrogens is 322 g/mol. The molecule has 0 aliphatic carbocycles. The number of hydrogen-bond acceptors (Lipinski definition) is 4. The molecule has 3 rings (SSSR count). The summed E-state index contributed by atoms with van der Waals surface area (Å²) in [5.41, 5.74) is 2.32. The molecule has 0 aliphatic heterocycles. The predicted molar refractivity (Wildman–Crippen MR) is 96.1 cm³/mol. The molecule has 2 aromatic carbocycles. The summed E-state index contributed by atoms with van der Waals surface area (Å²) < 4.78 is 10.6. The number of anilines is 1. The van der Waals surface area contributed by atoms with Crippen LogP contribution in [0, 0.1) is 0 Å². The molecule has 0 saturated carbocycles. The van der Waals surface area contributed by atoms with E-state index >= 15 is 0 Å². The molecule has 0 bridgehead atoms. The third-order valence-corrected chi connectivity index (χ3v) is 3.63. The Balaban J connectivity index is 1.77. The number of aromatic nitrogens is 2. The Labute approximate surface area is 143 Å². The Kier molecular flexibility index (Phi) is 4.56. The summed E-state index contributed by atoms with van der Waals surface area (Å²) >= 11 is 0. The molecule has 7 nitrogen and oxygen atoms in total. The highest BCUT2D eigenvalue weighted by molar-refractivity contribution is 6.03. The lowest BCUT2D eigenvalue weighted by molar-refractivity contribution is -0.111. The molecule has 0 saturated heterocycles. The number of carbonyl (C=O) groups excluding carboxylic acids is 1. The predicted octanol–water partition coefficient (Wildman–Crippen LogP) is 2.53. The molecule has 128 valence electrons. The number of ether oxygens (including phenoxy) is 2. The van der Waals surface area contributed by atoms with Crippen LogP contribution < -0.4 is 20.5 Å². The van der Waals surface area contributed by atoms with E-state index in [1.807, 2.05) is 12.1 Å². The van der Waals surface area contributed by atoms with Crippen molar-refractivity contribution in [2.24, 2.45) is 0 Å². The van der Waals surface area contributed by atoms with Crippen LogP contribution in [0.4, 0.5) is 5.69 Å². The minimum absolute atomic E-state index is 0.288. The molecule has 1 heterocycles. The summed E-state index contributed by atoms with van der Waals surface area (Å²) in [7, 11) is 3.10. The monoisotopic (exact) mass is 339 g/mol. The summed E-state index contributed by atoms with van der Waals surface area (Å²) in [6, 6.07) is 10.5. The number of carbonyl (C=O) groups is 1. The quantitative estimate of drug-likeness (QED) is 0.622. The number of nitrogens with one attached hydrogen (secondary N) is 3. The van der Waals surface area contributed by atoms with Crippen LogP contribution in [-0.4, -0.2) is 30.1 Å². The number of amides is 1. The number of imidazole rings is 1. The van der Waals surface area contributed by atoms with Crippen LogP contribution in [0.25, 0.3) is 17.1 Å². The minimum Gasteiger partial charge on any atom is -0.493 e. The number of aromatic amines is 2. The average Bonchev–Trinajstić information content (AvgIpc) is 2.98. The zero-order valence-electron chi connectivity index (χ0n) is 13.8. The Hall–Kier alpha value is -3.48. The summed E-state index contributed by atoms with van der Waals surface area (Å²) in [6.07, 6.45) is 3.05. The molecular formula is C18H17N3O4. The second-order valence-electron chi connectivity index (χ2n) is 5.24. The number of fused-ring (bicyclic) bond motifs is 1. The number of benzene rings is 2. The van der Waals surface area contributed by atoms with Gasteiger partial charge < -0.3 is 24.8 Å². The van der Waals surface area contributed by atoms with E-state index in [-0.39, 0.29) is 11.6 Å². The molecule has 7 heteroatoms. The third-order valence-electron chi connectivity index (χ3n) is 3.63.